The second kappa shape index (κ2) is 7.00. The average Bonchev–Trinajstić information content (AvgIpc) is 3.20. The molecule has 25 heavy (non-hydrogen) atoms. The van der Waals surface area contributed by atoms with Crippen molar-refractivity contribution in [3.8, 4) is 11.3 Å². The highest BCUT2D eigenvalue weighted by Gasteiger charge is 2.20. The van der Waals surface area contributed by atoms with Crippen molar-refractivity contribution in [1.82, 2.24) is 14.7 Å². The van der Waals surface area contributed by atoms with Crippen LogP contribution in [0.2, 0.25) is 0 Å². The van der Waals surface area contributed by atoms with Crippen molar-refractivity contribution in [2.24, 2.45) is 5.92 Å². The normalized spacial score (nSPS) is 20.7. The van der Waals surface area contributed by atoms with E-state index in [2.05, 4.69) is 33.8 Å². The molecule has 130 valence electrons. The van der Waals surface area contributed by atoms with E-state index in [1.54, 1.807) is 11.3 Å². The quantitative estimate of drug-likeness (QED) is 0.760. The Morgan fingerprint density at radius 1 is 1.24 bits per heavy atom. The van der Waals surface area contributed by atoms with Gasteiger partial charge in [-0.1, -0.05) is 37.3 Å². The molecule has 0 radical (unpaired) electrons. The molecule has 1 N–H and O–H groups in total. The van der Waals surface area contributed by atoms with Gasteiger partial charge in [-0.3, -0.25) is 9.20 Å². The molecule has 1 aliphatic carbocycles. The van der Waals surface area contributed by atoms with Crippen molar-refractivity contribution in [1.29, 1.82) is 0 Å². The molecule has 4 rings (SSSR count). The van der Waals surface area contributed by atoms with Crippen LogP contribution in [0.5, 0.6) is 0 Å². The van der Waals surface area contributed by atoms with Gasteiger partial charge in [0.1, 0.15) is 0 Å². The molecule has 0 bridgehead atoms. The summed E-state index contributed by atoms with van der Waals surface area (Å²) in [5, 5.41) is 5.25. The zero-order chi connectivity index (χ0) is 17.2. The van der Waals surface area contributed by atoms with E-state index in [1.165, 1.54) is 12.8 Å². The minimum absolute atomic E-state index is 0.120. The third-order valence-corrected chi connectivity index (χ3v) is 5.96. The number of imidazole rings is 1. The van der Waals surface area contributed by atoms with E-state index in [0.717, 1.165) is 40.7 Å². The van der Waals surface area contributed by atoms with E-state index in [1.807, 2.05) is 29.8 Å². The summed E-state index contributed by atoms with van der Waals surface area (Å²) < 4.78 is 2.05. The van der Waals surface area contributed by atoms with Gasteiger partial charge in [0, 0.05) is 28.9 Å². The summed E-state index contributed by atoms with van der Waals surface area (Å²) >= 11 is 1.59. The fraction of sp³-hybridized carbons (Fsp3) is 0.400. The van der Waals surface area contributed by atoms with Crippen LogP contribution in [0.3, 0.4) is 0 Å². The Bertz CT molecular complexity index is 860. The number of fused-ring (bicyclic) bond motifs is 1. The average molecular weight is 353 g/mol. The summed E-state index contributed by atoms with van der Waals surface area (Å²) in [5.41, 5.74) is 3.07. The van der Waals surface area contributed by atoms with Crippen molar-refractivity contribution >= 4 is 22.2 Å². The number of hydrogen-bond acceptors (Lipinski definition) is 3. The highest BCUT2D eigenvalue weighted by molar-refractivity contribution is 7.15. The van der Waals surface area contributed by atoms with Crippen LogP contribution in [0.25, 0.3) is 16.2 Å². The molecule has 0 aliphatic heterocycles. The van der Waals surface area contributed by atoms with E-state index in [4.69, 9.17) is 0 Å². The summed E-state index contributed by atoms with van der Waals surface area (Å²) in [7, 11) is 0. The van der Waals surface area contributed by atoms with Gasteiger partial charge in [-0.15, -0.1) is 11.3 Å². The second-order valence-corrected chi connectivity index (χ2v) is 7.91. The van der Waals surface area contributed by atoms with Crippen LogP contribution in [-0.4, -0.2) is 21.3 Å². The van der Waals surface area contributed by atoms with Crippen LogP contribution in [0, 0.1) is 5.92 Å². The van der Waals surface area contributed by atoms with E-state index in [9.17, 15) is 4.79 Å². The van der Waals surface area contributed by atoms with Crippen molar-refractivity contribution < 1.29 is 4.79 Å². The molecule has 0 unspecified atom stereocenters. The van der Waals surface area contributed by atoms with Crippen LogP contribution in [0.4, 0.5) is 0 Å². The fourth-order valence-electron chi connectivity index (χ4n) is 3.55. The summed E-state index contributed by atoms with van der Waals surface area (Å²) in [6, 6.07) is 10.5. The fourth-order valence-corrected chi connectivity index (χ4v) is 4.43. The highest BCUT2D eigenvalue weighted by atomic mass is 32.1. The van der Waals surface area contributed by atoms with Gasteiger partial charge in [-0.2, -0.15) is 0 Å². The number of thiazole rings is 1. The first-order valence-electron chi connectivity index (χ1n) is 8.99. The number of nitrogens with zero attached hydrogens (tertiary/aromatic N) is 2. The Morgan fingerprint density at radius 3 is 2.76 bits per heavy atom. The van der Waals surface area contributed by atoms with Gasteiger partial charge >= 0.3 is 0 Å². The van der Waals surface area contributed by atoms with E-state index in [0.29, 0.717) is 12.5 Å². The molecule has 5 heteroatoms. The van der Waals surface area contributed by atoms with Crippen LogP contribution in [0.1, 0.15) is 38.3 Å². The predicted octanol–water partition coefficient (Wildman–Crippen LogP) is 4.30. The lowest BCUT2D eigenvalue weighted by Gasteiger charge is -2.26. The van der Waals surface area contributed by atoms with Gasteiger partial charge in [-0.25, -0.2) is 4.98 Å². The maximum atomic E-state index is 12.4. The maximum absolute atomic E-state index is 12.4. The molecule has 1 amide bonds. The van der Waals surface area contributed by atoms with Gasteiger partial charge in [-0.05, 0) is 31.6 Å². The van der Waals surface area contributed by atoms with E-state index < -0.39 is 0 Å². The first-order valence-corrected chi connectivity index (χ1v) is 9.87. The Morgan fingerprint density at radius 2 is 2.00 bits per heavy atom. The smallest absolute Gasteiger partial charge is 0.226 e. The molecule has 1 saturated carbocycles. The van der Waals surface area contributed by atoms with Crippen molar-refractivity contribution in [2.75, 3.05) is 0 Å². The third kappa shape index (κ3) is 3.61. The molecule has 4 nitrogen and oxygen atoms in total. The first kappa shape index (κ1) is 16.3. The van der Waals surface area contributed by atoms with E-state index >= 15 is 0 Å². The Hall–Kier alpha value is -2.14. The Kier molecular flexibility index (Phi) is 4.57. The zero-order valence-corrected chi connectivity index (χ0v) is 15.3. The van der Waals surface area contributed by atoms with Crippen molar-refractivity contribution in [3.05, 3.63) is 47.6 Å². The topological polar surface area (TPSA) is 46.4 Å². The summed E-state index contributed by atoms with van der Waals surface area (Å²) in [5.74, 6) is 0.918. The lowest BCUT2D eigenvalue weighted by molar-refractivity contribution is -0.121. The van der Waals surface area contributed by atoms with Crippen molar-refractivity contribution in [2.45, 2.75) is 45.1 Å². The number of nitrogens with one attached hydrogen (secondary N) is 1. The third-order valence-electron chi connectivity index (χ3n) is 5.08. The van der Waals surface area contributed by atoms with Crippen LogP contribution >= 0.6 is 11.3 Å². The van der Waals surface area contributed by atoms with Crippen LogP contribution in [-0.2, 0) is 11.2 Å². The lowest BCUT2D eigenvalue weighted by Crippen LogP contribution is -2.38. The molecule has 2 aromatic heterocycles. The minimum atomic E-state index is 0.120. The number of amides is 1. The molecule has 3 aromatic rings. The monoisotopic (exact) mass is 353 g/mol. The molecule has 0 spiro atoms. The van der Waals surface area contributed by atoms with Crippen LogP contribution in [0.15, 0.2) is 41.9 Å². The summed E-state index contributed by atoms with van der Waals surface area (Å²) in [6.07, 6.45) is 7.10. The molecule has 2 heterocycles. The number of aromatic nitrogens is 2. The number of carbonyl (C=O) groups is 1. The molecular weight excluding hydrogens is 330 g/mol. The van der Waals surface area contributed by atoms with Gasteiger partial charge in [0.25, 0.3) is 0 Å². The molecule has 1 fully saturated rings. The lowest BCUT2D eigenvalue weighted by atomic mass is 9.87. The number of hydrogen-bond donors (Lipinski definition) is 1. The number of carbonyl (C=O) groups excluding carboxylic acids is 1. The van der Waals surface area contributed by atoms with Gasteiger partial charge in [0.15, 0.2) is 4.96 Å². The number of rotatable bonds is 4. The zero-order valence-electron chi connectivity index (χ0n) is 14.4. The second-order valence-electron chi connectivity index (χ2n) is 7.07. The Labute approximate surface area is 151 Å². The van der Waals surface area contributed by atoms with E-state index in [-0.39, 0.29) is 5.91 Å². The minimum Gasteiger partial charge on any atom is -0.353 e. The highest BCUT2D eigenvalue weighted by Crippen LogP contribution is 2.25. The predicted molar refractivity (Wildman–Crippen MR) is 102 cm³/mol. The molecule has 1 aliphatic rings. The molecular formula is C20H23N3OS. The molecule has 0 atom stereocenters. The summed E-state index contributed by atoms with van der Waals surface area (Å²) in [4.78, 5) is 18.1. The van der Waals surface area contributed by atoms with Crippen molar-refractivity contribution in [3.63, 3.8) is 0 Å². The largest absolute Gasteiger partial charge is 0.353 e. The molecule has 1 aromatic carbocycles. The van der Waals surface area contributed by atoms with Gasteiger partial charge in [0.05, 0.1) is 12.1 Å². The standard InChI is InChI=1S/C20H23N3OS/c1-14-7-9-16(10-8-14)21-19(24)11-17-13-25-20-22-18(12-23(17)20)15-5-3-2-4-6-15/h2-6,12-14,16H,7-11H2,1H3,(H,21,24). The Balaban J connectivity index is 1.46. The van der Waals surface area contributed by atoms with Gasteiger partial charge in [0.2, 0.25) is 5.91 Å². The summed E-state index contributed by atoms with van der Waals surface area (Å²) in [6.45, 7) is 2.30. The van der Waals surface area contributed by atoms with Crippen LogP contribution < -0.4 is 5.32 Å². The maximum Gasteiger partial charge on any atom is 0.226 e. The number of benzene rings is 1. The molecule has 0 saturated heterocycles. The SMILES string of the molecule is CC1CCC(NC(=O)Cc2csc3nc(-c4ccccc4)cn23)CC1. The van der Waals surface area contributed by atoms with Gasteiger partial charge < -0.3 is 5.32 Å². The first-order chi connectivity index (χ1) is 12.2.